The van der Waals surface area contributed by atoms with Gasteiger partial charge in [-0.15, -0.1) is 0 Å². The Hall–Kier alpha value is -2.08. The number of carboxylic acid groups (broad SMARTS) is 1. The molecule has 0 aliphatic rings. The summed E-state index contributed by atoms with van der Waals surface area (Å²) in [7, 11) is 1.50. The Labute approximate surface area is 127 Å². The normalized spacial score (nSPS) is 11.6. The van der Waals surface area contributed by atoms with Crippen LogP contribution in [-0.2, 0) is 14.4 Å². The second-order valence-electron chi connectivity index (χ2n) is 4.64. The molecule has 1 aromatic carbocycles. The number of rotatable bonds is 6. The first-order valence-electron chi connectivity index (χ1n) is 6.28. The molecule has 0 saturated heterocycles. The van der Waals surface area contributed by atoms with E-state index in [1.165, 1.54) is 18.9 Å². The van der Waals surface area contributed by atoms with Crippen LogP contribution in [-0.4, -0.2) is 41.4 Å². The molecule has 7 heteroatoms. The fourth-order valence-electron chi connectivity index (χ4n) is 1.69. The van der Waals surface area contributed by atoms with E-state index >= 15 is 0 Å². The van der Waals surface area contributed by atoms with Crippen LogP contribution < -0.4 is 5.32 Å². The standard InChI is InChI=1S/C14H17ClN2O4/c1-9(18)17(2)8-13(19)16-12(7-14(20)21)10-3-5-11(15)6-4-10/h3-6,12H,7-8H2,1-2H3,(H,16,19)(H,20,21)/t12-/m0/s1. The molecule has 0 aromatic heterocycles. The molecule has 0 heterocycles. The van der Waals surface area contributed by atoms with Crippen molar-refractivity contribution in [2.45, 2.75) is 19.4 Å². The van der Waals surface area contributed by atoms with Crippen LogP contribution in [0.5, 0.6) is 0 Å². The predicted octanol–water partition coefficient (Wildman–Crippen LogP) is 1.45. The summed E-state index contributed by atoms with van der Waals surface area (Å²) in [5.74, 6) is -1.70. The van der Waals surface area contributed by atoms with Gasteiger partial charge in [-0.25, -0.2) is 0 Å². The molecule has 2 amide bonds. The molecule has 114 valence electrons. The molecule has 21 heavy (non-hydrogen) atoms. The average molecular weight is 313 g/mol. The maximum atomic E-state index is 11.9. The second-order valence-corrected chi connectivity index (χ2v) is 5.08. The summed E-state index contributed by atoms with van der Waals surface area (Å²) in [6.07, 6.45) is -0.253. The minimum atomic E-state index is -1.03. The van der Waals surface area contributed by atoms with Crippen LogP contribution in [0.4, 0.5) is 0 Å². The minimum Gasteiger partial charge on any atom is -0.481 e. The molecule has 0 radical (unpaired) electrons. The molecule has 6 nitrogen and oxygen atoms in total. The van der Waals surface area contributed by atoms with Crippen molar-refractivity contribution < 1.29 is 19.5 Å². The van der Waals surface area contributed by atoms with Gasteiger partial charge in [0.2, 0.25) is 11.8 Å². The fourth-order valence-corrected chi connectivity index (χ4v) is 1.81. The zero-order chi connectivity index (χ0) is 16.0. The van der Waals surface area contributed by atoms with Crippen LogP contribution >= 0.6 is 11.6 Å². The Morgan fingerprint density at radius 2 is 1.86 bits per heavy atom. The zero-order valence-corrected chi connectivity index (χ0v) is 12.6. The largest absolute Gasteiger partial charge is 0.481 e. The molecule has 0 fully saturated rings. The number of hydrogen-bond acceptors (Lipinski definition) is 3. The Morgan fingerprint density at radius 3 is 2.33 bits per heavy atom. The van der Waals surface area contributed by atoms with E-state index < -0.39 is 17.9 Å². The van der Waals surface area contributed by atoms with Crippen LogP contribution in [0.3, 0.4) is 0 Å². The molecule has 0 bridgehead atoms. The van der Waals surface area contributed by atoms with E-state index in [4.69, 9.17) is 16.7 Å². The molecule has 2 N–H and O–H groups in total. The lowest BCUT2D eigenvalue weighted by Gasteiger charge is -2.20. The summed E-state index contributed by atoms with van der Waals surface area (Å²) in [4.78, 5) is 35.1. The van der Waals surface area contributed by atoms with Gasteiger partial charge in [-0.05, 0) is 17.7 Å². The van der Waals surface area contributed by atoms with Crippen LogP contribution in [0.25, 0.3) is 0 Å². The number of hydrogen-bond donors (Lipinski definition) is 2. The van der Waals surface area contributed by atoms with Gasteiger partial charge >= 0.3 is 5.97 Å². The first-order valence-corrected chi connectivity index (χ1v) is 6.65. The van der Waals surface area contributed by atoms with E-state index in [2.05, 4.69) is 5.32 Å². The molecular formula is C14H17ClN2O4. The molecule has 0 aliphatic heterocycles. The third kappa shape index (κ3) is 5.83. The van der Waals surface area contributed by atoms with E-state index in [9.17, 15) is 14.4 Å². The summed E-state index contributed by atoms with van der Waals surface area (Å²) >= 11 is 5.78. The quantitative estimate of drug-likeness (QED) is 0.832. The lowest BCUT2D eigenvalue weighted by Crippen LogP contribution is -2.39. The third-order valence-electron chi connectivity index (χ3n) is 2.90. The van der Waals surface area contributed by atoms with E-state index in [1.54, 1.807) is 24.3 Å². The smallest absolute Gasteiger partial charge is 0.305 e. The number of carbonyl (C=O) groups is 3. The lowest BCUT2D eigenvalue weighted by atomic mass is 10.0. The zero-order valence-electron chi connectivity index (χ0n) is 11.8. The number of halogens is 1. The van der Waals surface area contributed by atoms with Gasteiger partial charge in [-0.1, -0.05) is 23.7 Å². The first kappa shape index (κ1) is 17.0. The molecule has 0 saturated carbocycles. The Kier molecular flexibility index (Phi) is 6.17. The maximum Gasteiger partial charge on any atom is 0.305 e. The molecule has 0 aliphatic carbocycles. The van der Waals surface area contributed by atoms with Crippen molar-refractivity contribution >= 4 is 29.4 Å². The summed E-state index contributed by atoms with van der Waals surface area (Å²) in [5, 5.41) is 12.1. The van der Waals surface area contributed by atoms with Crippen LogP contribution in [0, 0.1) is 0 Å². The van der Waals surface area contributed by atoms with Crippen molar-refractivity contribution in [1.29, 1.82) is 0 Å². The van der Waals surface area contributed by atoms with Gasteiger partial charge in [0.05, 0.1) is 19.0 Å². The molecule has 1 rings (SSSR count). The molecule has 0 unspecified atom stereocenters. The Bertz CT molecular complexity index is 530. The topological polar surface area (TPSA) is 86.7 Å². The summed E-state index contributed by atoms with van der Waals surface area (Å²) in [5.41, 5.74) is 0.639. The van der Waals surface area contributed by atoms with Crippen molar-refractivity contribution in [1.82, 2.24) is 10.2 Å². The number of amides is 2. The van der Waals surface area contributed by atoms with Crippen LogP contribution in [0.2, 0.25) is 5.02 Å². The SMILES string of the molecule is CC(=O)N(C)CC(=O)N[C@@H](CC(=O)O)c1ccc(Cl)cc1. The highest BCUT2D eigenvalue weighted by Crippen LogP contribution is 2.19. The fraction of sp³-hybridized carbons (Fsp3) is 0.357. The van der Waals surface area contributed by atoms with E-state index in [-0.39, 0.29) is 18.9 Å². The Morgan fingerprint density at radius 1 is 1.29 bits per heavy atom. The number of nitrogens with zero attached hydrogens (tertiary/aromatic N) is 1. The highest BCUT2D eigenvalue weighted by Gasteiger charge is 2.19. The van der Waals surface area contributed by atoms with Crippen LogP contribution in [0.1, 0.15) is 24.9 Å². The van der Waals surface area contributed by atoms with Gasteiger partial charge in [0.15, 0.2) is 0 Å². The highest BCUT2D eigenvalue weighted by molar-refractivity contribution is 6.30. The second kappa shape index (κ2) is 7.64. The van der Waals surface area contributed by atoms with Crippen LogP contribution in [0.15, 0.2) is 24.3 Å². The number of carbonyl (C=O) groups excluding carboxylic acids is 2. The van der Waals surface area contributed by atoms with Crippen molar-refractivity contribution in [2.24, 2.45) is 0 Å². The maximum absolute atomic E-state index is 11.9. The molecule has 1 atom stereocenters. The number of aliphatic carboxylic acids is 1. The predicted molar refractivity (Wildman–Crippen MR) is 77.9 cm³/mol. The molecule has 0 spiro atoms. The summed E-state index contributed by atoms with van der Waals surface area (Å²) < 4.78 is 0. The van der Waals surface area contributed by atoms with Gasteiger partial charge in [0.1, 0.15) is 0 Å². The first-order chi connectivity index (χ1) is 9.79. The van der Waals surface area contributed by atoms with Crippen molar-refractivity contribution in [2.75, 3.05) is 13.6 Å². The number of benzene rings is 1. The van der Waals surface area contributed by atoms with Crippen molar-refractivity contribution in [3.63, 3.8) is 0 Å². The van der Waals surface area contributed by atoms with Crippen molar-refractivity contribution in [3.8, 4) is 0 Å². The minimum absolute atomic E-state index is 0.126. The highest BCUT2D eigenvalue weighted by atomic mass is 35.5. The molecular weight excluding hydrogens is 296 g/mol. The lowest BCUT2D eigenvalue weighted by molar-refractivity contribution is -0.138. The van der Waals surface area contributed by atoms with Gasteiger partial charge in [-0.3, -0.25) is 14.4 Å². The van der Waals surface area contributed by atoms with Gasteiger partial charge in [-0.2, -0.15) is 0 Å². The van der Waals surface area contributed by atoms with Gasteiger partial charge in [0, 0.05) is 19.0 Å². The van der Waals surface area contributed by atoms with E-state index in [0.29, 0.717) is 10.6 Å². The van der Waals surface area contributed by atoms with Gasteiger partial charge in [0.25, 0.3) is 0 Å². The number of likely N-dealkylation sites (N-methyl/N-ethyl adjacent to an activating group) is 1. The Balaban J connectivity index is 2.79. The van der Waals surface area contributed by atoms with Crippen molar-refractivity contribution in [3.05, 3.63) is 34.9 Å². The van der Waals surface area contributed by atoms with Gasteiger partial charge < -0.3 is 15.3 Å². The summed E-state index contributed by atoms with van der Waals surface area (Å²) in [6.45, 7) is 1.22. The van der Waals surface area contributed by atoms with E-state index in [1.807, 2.05) is 0 Å². The third-order valence-corrected chi connectivity index (χ3v) is 3.16. The average Bonchev–Trinajstić information content (AvgIpc) is 2.38. The number of carboxylic acids is 1. The summed E-state index contributed by atoms with van der Waals surface area (Å²) in [6, 6.07) is 5.89. The number of nitrogens with one attached hydrogen (secondary N) is 1. The van der Waals surface area contributed by atoms with E-state index in [0.717, 1.165) is 0 Å². The molecule has 1 aromatic rings. The monoisotopic (exact) mass is 312 g/mol.